The van der Waals surface area contributed by atoms with Gasteiger partial charge in [0.05, 0.1) is 7.11 Å². The quantitative estimate of drug-likeness (QED) is 0.850. The molecule has 0 atom stereocenters. The van der Waals surface area contributed by atoms with Crippen molar-refractivity contribution in [3.63, 3.8) is 0 Å². The minimum Gasteiger partial charge on any atom is -0.497 e. The minimum atomic E-state index is -0.00119. The van der Waals surface area contributed by atoms with E-state index in [0.29, 0.717) is 19.4 Å². The monoisotopic (exact) mass is 258 g/mol. The summed E-state index contributed by atoms with van der Waals surface area (Å²) in [5.74, 6) is 0.788. The first-order chi connectivity index (χ1) is 7.67. The molecule has 96 valence electrons. The SMILES string of the molecule is COc1ccc(NC(=O)CCCN)c(C)c1.Cl. The number of amides is 1. The third kappa shape index (κ3) is 5.06. The summed E-state index contributed by atoms with van der Waals surface area (Å²) >= 11 is 0. The predicted molar refractivity (Wildman–Crippen MR) is 71.9 cm³/mol. The molecule has 0 bridgehead atoms. The van der Waals surface area contributed by atoms with Gasteiger partial charge in [-0.25, -0.2) is 0 Å². The molecule has 5 heteroatoms. The fourth-order valence-corrected chi connectivity index (χ4v) is 1.38. The van der Waals surface area contributed by atoms with Crippen molar-refractivity contribution in [1.29, 1.82) is 0 Å². The Morgan fingerprint density at radius 3 is 2.71 bits per heavy atom. The molecule has 0 fully saturated rings. The van der Waals surface area contributed by atoms with E-state index in [4.69, 9.17) is 10.5 Å². The maximum atomic E-state index is 11.5. The Bertz CT molecular complexity index is 370. The normalized spacial score (nSPS) is 9.35. The number of halogens is 1. The van der Waals surface area contributed by atoms with E-state index >= 15 is 0 Å². The first kappa shape index (κ1) is 15.7. The van der Waals surface area contributed by atoms with E-state index < -0.39 is 0 Å². The van der Waals surface area contributed by atoms with Crippen LogP contribution in [0.2, 0.25) is 0 Å². The van der Waals surface area contributed by atoms with Crippen LogP contribution in [0.5, 0.6) is 5.75 Å². The van der Waals surface area contributed by atoms with E-state index in [1.165, 1.54) is 0 Å². The molecule has 0 saturated carbocycles. The molecule has 0 unspecified atom stereocenters. The van der Waals surface area contributed by atoms with Crippen LogP contribution >= 0.6 is 12.4 Å². The smallest absolute Gasteiger partial charge is 0.224 e. The molecule has 0 aliphatic heterocycles. The number of aryl methyl sites for hydroxylation is 1. The standard InChI is InChI=1S/C12H18N2O2.ClH/c1-9-8-10(16-2)5-6-11(9)14-12(15)4-3-7-13;/h5-6,8H,3-4,7,13H2,1-2H3,(H,14,15);1H. The van der Waals surface area contributed by atoms with Crippen LogP contribution in [0.15, 0.2) is 18.2 Å². The highest BCUT2D eigenvalue weighted by Gasteiger charge is 2.04. The van der Waals surface area contributed by atoms with Gasteiger partial charge in [0, 0.05) is 12.1 Å². The van der Waals surface area contributed by atoms with Crippen molar-refractivity contribution in [2.45, 2.75) is 19.8 Å². The van der Waals surface area contributed by atoms with Gasteiger partial charge in [0.25, 0.3) is 0 Å². The van der Waals surface area contributed by atoms with Gasteiger partial charge in [-0.05, 0) is 43.7 Å². The number of nitrogens with two attached hydrogens (primary N) is 1. The second-order valence-corrected chi connectivity index (χ2v) is 3.62. The second kappa shape index (κ2) is 7.92. The van der Waals surface area contributed by atoms with Crippen molar-refractivity contribution in [2.24, 2.45) is 5.73 Å². The zero-order valence-corrected chi connectivity index (χ0v) is 11.0. The van der Waals surface area contributed by atoms with Crippen LogP contribution in [-0.2, 0) is 4.79 Å². The first-order valence-corrected chi connectivity index (χ1v) is 5.32. The number of rotatable bonds is 5. The number of nitrogens with one attached hydrogen (secondary N) is 1. The molecule has 1 aromatic carbocycles. The van der Waals surface area contributed by atoms with Crippen LogP contribution in [0.4, 0.5) is 5.69 Å². The average molecular weight is 259 g/mol. The summed E-state index contributed by atoms with van der Waals surface area (Å²) in [4.78, 5) is 11.5. The molecule has 1 aromatic rings. The van der Waals surface area contributed by atoms with Crippen LogP contribution in [0.1, 0.15) is 18.4 Å². The van der Waals surface area contributed by atoms with Gasteiger partial charge in [-0.15, -0.1) is 12.4 Å². The number of carbonyl (C=O) groups excluding carboxylic acids is 1. The van der Waals surface area contributed by atoms with E-state index in [2.05, 4.69) is 5.32 Å². The van der Waals surface area contributed by atoms with Crippen LogP contribution in [0, 0.1) is 6.92 Å². The molecule has 4 nitrogen and oxygen atoms in total. The summed E-state index contributed by atoms with van der Waals surface area (Å²) in [6.45, 7) is 2.47. The molecule has 1 rings (SSSR count). The van der Waals surface area contributed by atoms with Crippen molar-refractivity contribution in [3.8, 4) is 5.75 Å². The number of hydrogen-bond acceptors (Lipinski definition) is 3. The maximum absolute atomic E-state index is 11.5. The Kier molecular flexibility index (Phi) is 7.34. The third-order valence-electron chi connectivity index (χ3n) is 2.32. The molecule has 0 aromatic heterocycles. The lowest BCUT2D eigenvalue weighted by Crippen LogP contribution is -2.14. The topological polar surface area (TPSA) is 64.3 Å². The molecule has 1 amide bonds. The summed E-state index contributed by atoms with van der Waals surface area (Å²) in [7, 11) is 1.62. The zero-order valence-electron chi connectivity index (χ0n) is 10.2. The molecule has 0 saturated heterocycles. The highest BCUT2D eigenvalue weighted by atomic mass is 35.5. The Balaban J connectivity index is 0.00000256. The van der Waals surface area contributed by atoms with Gasteiger partial charge in [-0.2, -0.15) is 0 Å². The Labute approximate surface area is 108 Å². The van der Waals surface area contributed by atoms with E-state index in [1.807, 2.05) is 25.1 Å². The molecule has 0 heterocycles. The van der Waals surface area contributed by atoms with Gasteiger partial charge >= 0.3 is 0 Å². The second-order valence-electron chi connectivity index (χ2n) is 3.62. The number of carbonyl (C=O) groups is 1. The van der Waals surface area contributed by atoms with Crippen molar-refractivity contribution in [3.05, 3.63) is 23.8 Å². The molecule has 0 spiro atoms. The van der Waals surface area contributed by atoms with Gasteiger partial charge in [-0.3, -0.25) is 4.79 Å². The average Bonchev–Trinajstić information content (AvgIpc) is 2.29. The van der Waals surface area contributed by atoms with Crippen molar-refractivity contribution >= 4 is 24.0 Å². The highest BCUT2D eigenvalue weighted by Crippen LogP contribution is 2.21. The largest absolute Gasteiger partial charge is 0.497 e. The van der Waals surface area contributed by atoms with E-state index in [9.17, 15) is 4.79 Å². The lowest BCUT2D eigenvalue weighted by atomic mass is 10.2. The van der Waals surface area contributed by atoms with E-state index in [-0.39, 0.29) is 18.3 Å². The Hall–Kier alpha value is -1.26. The fourth-order valence-electron chi connectivity index (χ4n) is 1.38. The van der Waals surface area contributed by atoms with Crippen molar-refractivity contribution in [1.82, 2.24) is 0 Å². The summed E-state index contributed by atoms with van der Waals surface area (Å²) in [6.07, 6.45) is 1.17. The van der Waals surface area contributed by atoms with Gasteiger partial charge in [0.2, 0.25) is 5.91 Å². The summed E-state index contributed by atoms with van der Waals surface area (Å²) in [5, 5.41) is 2.85. The number of anilines is 1. The summed E-state index contributed by atoms with van der Waals surface area (Å²) in [5.41, 5.74) is 7.15. The molecule has 17 heavy (non-hydrogen) atoms. The maximum Gasteiger partial charge on any atom is 0.224 e. The Morgan fingerprint density at radius 2 is 2.18 bits per heavy atom. The van der Waals surface area contributed by atoms with Gasteiger partial charge in [0.15, 0.2) is 0 Å². The third-order valence-corrected chi connectivity index (χ3v) is 2.32. The van der Waals surface area contributed by atoms with Gasteiger partial charge in [0.1, 0.15) is 5.75 Å². The van der Waals surface area contributed by atoms with Crippen LogP contribution in [0.3, 0.4) is 0 Å². The van der Waals surface area contributed by atoms with Gasteiger partial charge < -0.3 is 15.8 Å². The number of ether oxygens (including phenoxy) is 1. The van der Waals surface area contributed by atoms with E-state index in [1.54, 1.807) is 7.11 Å². The number of benzene rings is 1. The number of methoxy groups -OCH3 is 1. The molecule has 0 aliphatic carbocycles. The lowest BCUT2D eigenvalue weighted by molar-refractivity contribution is -0.116. The van der Waals surface area contributed by atoms with Crippen LogP contribution in [0.25, 0.3) is 0 Å². The molecular formula is C12H19ClN2O2. The first-order valence-electron chi connectivity index (χ1n) is 5.32. The molecule has 0 radical (unpaired) electrons. The lowest BCUT2D eigenvalue weighted by Gasteiger charge is -2.09. The summed E-state index contributed by atoms with van der Waals surface area (Å²) in [6, 6.07) is 5.55. The Morgan fingerprint density at radius 1 is 1.47 bits per heavy atom. The minimum absolute atomic E-state index is 0. The van der Waals surface area contributed by atoms with Crippen molar-refractivity contribution < 1.29 is 9.53 Å². The van der Waals surface area contributed by atoms with Crippen molar-refractivity contribution in [2.75, 3.05) is 19.0 Å². The predicted octanol–water partition coefficient (Wildman–Crippen LogP) is 2.10. The number of hydrogen-bond donors (Lipinski definition) is 2. The zero-order chi connectivity index (χ0) is 12.0. The van der Waals surface area contributed by atoms with E-state index in [0.717, 1.165) is 17.0 Å². The molecular weight excluding hydrogens is 240 g/mol. The summed E-state index contributed by atoms with van der Waals surface area (Å²) < 4.78 is 5.09. The molecule has 3 N–H and O–H groups in total. The van der Waals surface area contributed by atoms with Crippen LogP contribution < -0.4 is 15.8 Å². The van der Waals surface area contributed by atoms with Gasteiger partial charge in [-0.1, -0.05) is 0 Å². The molecule has 0 aliphatic rings. The highest BCUT2D eigenvalue weighted by molar-refractivity contribution is 5.91. The van der Waals surface area contributed by atoms with Crippen LogP contribution in [-0.4, -0.2) is 19.6 Å². The fraction of sp³-hybridized carbons (Fsp3) is 0.417.